The third-order valence-electron chi connectivity index (χ3n) is 3.80. The fraction of sp³-hybridized carbons (Fsp3) is 0.923. The van der Waals surface area contributed by atoms with Crippen molar-refractivity contribution in [3.05, 3.63) is 0 Å². The summed E-state index contributed by atoms with van der Waals surface area (Å²) in [7, 11) is 0. The Balaban J connectivity index is 1.66. The molecule has 4 heteroatoms. The van der Waals surface area contributed by atoms with Gasteiger partial charge in [0.05, 0.1) is 6.10 Å². The van der Waals surface area contributed by atoms with E-state index in [4.69, 9.17) is 4.74 Å². The Labute approximate surface area is 103 Å². The number of carboxylic acids is 1. The minimum Gasteiger partial charge on any atom is -0.480 e. The highest BCUT2D eigenvalue weighted by atomic mass is 16.5. The molecule has 1 atom stereocenters. The van der Waals surface area contributed by atoms with Crippen LogP contribution in [0.3, 0.4) is 0 Å². The maximum absolute atomic E-state index is 11.3. The summed E-state index contributed by atoms with van der Waals surface area (Å²) >= 11 is 0. The van der Waals surface area contributed by atoms with Gasteiger partial charge in [-0.3, -0.25) is 10.1 Å². The van der Waals surface area contributed by atoms with Gasteiger partial charge in [0, 0.05) is 12.6 Å². The van der Waals surface area contributed by atoms with Gasteiger partial charge < -0.3 is 9.84 Å². The number of ether oxygens (including phenoxy) is 1. The molecule has 0 aromatic rings. The van der Waals surface area contributed by atoms with E-state index in [-0.39, 0.29) is 0 Å². The number of carbonyl (C=O) groups is 1. The second-order valence-corrected chi connectivity index (χ2v) is 5.58. The van der Waals surface area contributed by atoms with E-state index in [1.54, 1.807) is 6.92 Å². The van der Waals surface area contributed by atoms with Crippen molar-refractivity contribution >= 4 is 5.97 Å². The summed E-state index contributed by atoms with van der Waals surface area (Å²) in [6, 6.07) is 0.420. The Bertz CT molecular complexity index is 274. The molecule has 0 radical (unpaired) electrons. The van der Waals surface area contributed by atoms with Crippen LogP contribution in [0.4, 0.5) is 0 Å². The number of carboxylic acid groups (broad SMARTS) is 1. The zero-order valence-corrected chi connectivity index (χ0v) is 10.6. The first-order valence-corrected chi connectivity index (χ1v) is 6.73. The van der Waals surface area contributed by atoms with Crippen molar-refractivity contribution in [1.82, 2.24) is 5.32 Å². The topological polar surface area (TPSA) is 58.6 Å². The molecule has 1 unspecified atom stereocenters. The predicted molar refractivity (Wildman–Crippen MR) is 65.0 cm³/mol. The first-order valence-electron chi connectivity index (χ1n) is 6.73. The molecule has 2 N–H and O–H groups in total. The van der Waals surface area contributed by atoms with E-state index in [9.17, 15) is 9.90 Å². The van der Waals surface area contributed by atoms with Crippen molar-refractivity contribution in [2.45, 2.75) is 69.6 Å². The highest BCUT2D eigenvalue weighted by Crippen LogP contribution is 2.26. The van der Waals surface area contributed by atoms with Crippen molar-refractivity contribution in [2.24, 2.45) is 0 Å². The normalized spacial score (nSPS) is 24.1. The highest BCUT2D eigenvalue weighted by molar-refractivity contribution is 5.78. The molecule has 0 aliphatic heterocycles. The molecule has 2 aliphatic rings. The van der Waals surface area contributed by atoms with Crippen molar-refractivity contribution < 1.29 is 14.6 Å². The Morgan fingerprint density at radius 3 is 2.59 bits per heavy atom. The lowest BCUT2D eigenvalue weighted by molar-refractivity contribution is -0.144. The maximum atomic E-state index is 11.3. The molecule has 2 rings (SSSR count). The summed E-state index contributed by atoms with van der Waals surface area (Å²) in [6.45, 7) is 2.48. The van der Waals surface area contributed by atoms with E-state index < -0.39 is 11.5 Å². The van der Waals surface area contributed by atoms with Crippen LogP contribution in [0.15, 0.2) is 0 Å². The van der Waals surface area contributed by atoms with Crippen LogP contribution in [-0.4, -0.2) is 35.4 Å². The first kappa shape index (κ1) is 12.8. The fourth-order valence-corrected chi connectivity index (χ4v) is 2.13. The lowest BCUT2D eigenvalue weighted by Gasteiger charge is -2.28. The van der Waals surface area contributed by atoms with Crippen LogP contribution >= 0.6 is 0 Å². The molecular formula is C13H23NO3. The fourth-order valence-electron chi connectivity index (χ4n) is 2.13. The molecule has 0 spiro atoms. The zero-order chi connectivity index (χ0) is 12.3. The van der Waals surface area contributed by atoms with Gasteiger partial charge in [-0.25, -0.2) is 0 Å². The molecular weight excluding hydrogens is 218 g/mol. The number of nitrogens with one attached hydrogen (secondary N) is 1. The third-order valence-corrected chi connectivity index (χ3v) is 3.80. The molecule has 2 fully saturated rings. The van der Waals surface area contributed by atoms with E-state index >= 15 is 0 Å². The number of hydrogen-bond donors (Lipinski definition) is 2. The second kappa shape index (κ2) is 5.36. The van der Waals surface area contributed by atoms with E-state index in [2.05, 4.69) is 5.32 Å². The van der Waals surface area contributed by atoms with Gasteiger partial charge in [0.25, 0.3) is 0 Å². The van der Waals surface area contributed by atoms with Gasteiger partial charge >= 0.3 is 5.97 Å². The average molecular weight is 241 g/mol. The van der Waals surface area contributed by atoms with E-state index in [1.165, 1.54) is 19.3 Å². The molecule has 17 heavy (non-hydrogen) atoms. The standard InChI is InChI=1S/C13H23NO3/c1-13(12(15)16,14-10-6-7-10)8-3-9-17-11-4-2-5-11/h10-11,14H,2-9H2,1H3,(H,15,16). The molecule has 4 nitrogen and oxygen atoms in total. The van der Waals surface area contributed by atoms with E-state index in [1.807, 2.05) is 0 Å². The number of aliphatic carboxylic acids is 1. The van der Waals surface area contributed by atoms with Gasteiger partial charge in [-0.05, 0) is 51.9 Å². The van der Waals surface area contributed by atoms with Crippen LogP contribution in [-0.2, 0) is 9.53 Å². The van der Waals surface area contributed by atoms with Gasteiger partial charge in [0.1, 0.15) is 5.54 Å². The minimum absolute atomic E-state index is 0.420. The van der Waals surface area contributed by atoms with Gasteiger partial charge in [-0.2, -0.15) is 0 Å². The Kier molecular flexibility index (Phi) is 4.05. The SMILES string of the molecule is CC(CCCOC1CCC1)(NC1CC1)C(=O)O. The molecule has 0 aromatic heterocycles. The summed E-state index contributed by atoms with van der Waals surface area (Å²) in [6.07, 6.45) is 7.77. The lowest BCUT2D eigenvalue weighted by atomic mass is 9.95. The van der Waals surface area contributed by atoms with Gasteiger partial charge in [0.2, 0.25) is 0 Å². The van der Waals surface area contributed by atoms with Crippen LogP contribution < -0.4 is 5.32 Å². The van der Waals surface area contributed by atoms with Gasteiger partial charge in [0.15, 0.2) is 0 Å². The van der Waals surface area contributed by atoms with Crippen LogP contribution in [0.1, 0.15) is 51.9 Å². The largest absolute Gasteiger partial charge is 0.480 e. The maximum Gasteiger partial charge on any atom is 0.323 e. The third kappa shape index (κ3) is 3.68. The zero-order valence-electron chi connectivity index (χ0n) is 10.6. The Morgan fingerprint density at radius 2 is 2.12 bits per heavy atom. The van der Waals surface area contributed by atoms with Gasteiger partial charge in [-0.1, -0.05) is 0 Å². The van der Waals surface area contributed by atoms with Crippen molar-refractivity contribution in [1.29, 1.82) is 0 Å². The monoisotopic (exact) mass is 241 g/mol. The van der Waals surface area contributed by atoms with Gasteiger partial charge in [-0.15, -0.1) is 0 Å². The van der Waals surface area contributed by atoms with Crippen molar-refractivity contribution in [3.8, 4) is 0 Å². The number of rotatable bonds is 8. The average Bonchev–Trinajstić information content (AvgIpc) is 2.98. The molecule has 98 valence electrons. The summed E-state index contributed by atoms with van der Waals surface area (Å²) < 4.78 is 5.65. The molecule has 0 saturated heterocycles. The first-order chi connectivity index (χ1) is 8.10. The molecule has 2 aliphatic carbocycles. The van der Waals surface area contributed by atoms with Crippen LogP contribution in [0.2, 0.25) is 0 Å². The molecule has 0 heterocycles. The van der Waals surface area contributed by atoms with E-state index in [0.29, 0.717) is 25.2 Å². The second-order valence-electron chi connectivity index (χ2n) is 5.58. The van der Waals surface area contributed by atoms with Crippen LogP contribution in [0, 0.1) is 0 Å². The molecule has 2 saturated carbocycles. The Hall–Kier alpha value is -0.610. The molecule has 0 aromatic carbocycles. The Morgan fingerprint density at radius 1 is 1.41 bits per heavy atom. The molecule has 0 amide bonds. The van der Waals surface area contributed by atoms with Crippen molar-refractivity contribution in [2.75, 3.05) is 6.61 Å². The minimum atomic E-state index is -0.774. The molecule has 0 bridgehead atoms. The smallest absolute Gasteiger partial charge is 0.323 e. The summed E-state index contributed by atoms with van der Waals surface area (Å²) in [5.74, 6) is -0.743. The quantitative estimate of drug-likeness (QED) is 0.638. The van der Waals surface area contributed by atoms with Crippen LogP contribution in [0.5, 0.6) is 0 Å². The highest BCUT2D eigenvalue weighted by Gasteiger charge is 2.37. The summed E-state index contributed by atoms with van der Waals surface area (Å²) in [4.78, 5) is 11.3. The predicted octanol–water partition coefficient (Wildman–Crippen LogP) is 1.93. The van der Waals surface area contributed by atoms with Crippen molar-refractivity contribution in [3.63, 3.8) is 0 Å². The lowest BCUT2D eigenvalue weighted by Crippen LogP contribution is -2.50. The van der Waals surface area contributed by atoms with Crippen LogP contribution in [0.25, 0.3) is 0 Å². The summed E-state index contributed by atoms with van der Waals surface area (Å²) in [5.41, 5.74) is -0.774. The van der Waals surface area contributed by atoms with E-state index in [0.717, 1.165) is 19.3 Å². The summed E-state index contributed by atoms with van der Waals surface area (Å²) in [5, 5.41) is 12.5. The number of hydrogen-bond acceptors (Lipinski definition) is 3.